The smallest absolute Gasteiger partial charge is 0.228 e. The number of hydrogen-bond acceptors (Lipinski definition) is 5. The third-order valence-electron chi connectivity index (χ3n) is 6.64. The van der Waals surface area contributed by atoms with Crippen LogP contribution >= 0.6 is 15.9 Å². The lowest BCUT2D eigenvalue weighted by Gasteiger charge is -2.21. The summed E-state index contributed by atoms with van der Waals surface area (Å²) in [6, 6.07) is 30.0. The minimum Gasteiger partial charge on any atom is -0.487 e. The molecule has 0 saturated carbocycles. The summed E-state index contributed by atoms with van der Waals surface area (Å²) in [6.07, 6.45) is 4.42. The van der Waals surface area contributed by atoms with Crippen molar-refractivity contribution in [3.63, 3.8) is 0 Å². The molecule has 0 bridgehead atoms. The van der Waals surface area contributed by atoms with Crippen molar-refractivity contribution in [2.45, 2.75) is 12.3 Å². The molecule has 0 spiro atoms. The molecule has 1 aromatic heterocycles. The van der Waals surface area contributed by atoms with Crippen LogP contribution in [0.25, 0.3) is 22.5 Å². The summed E-state index contributed by atoms with van der Waals surface area (Å²) in [7, 11) is 0. The SMILES string of the molecule is O=C(Cc1ccc(Br)cc1)Nc1cc(-c2ccccc2-c2nn[nH]n2)cc2c1OCC=CC2c1ccccc1. The monoisotopic (exact) mass is 577 g/mol. The van der Waals surface area contributed by atoms with E-state index in [0.717, 1.165) is 37.9 Å². The number of hydrogen-bond donors (Lipinski definition) is 2. The molecule has 0 radical (unpaired) electrons. The van der Waals surface area contributed by atoms with Crippen LogP contribution in [0.1, 0.15) is 22.6 Å². The molecule has 1 unspecified atom stereocenters. The molecule has 6 rings (SSSR count). The van der Waals surface area contributed by atoms with Gasteiger partial charge in [0.1, 0.15) is 12.4 Å². The van der Waals surface area contributed by atoms with Gasteiger partial charge in [0.25, 0.3) is 0 Å². The number of aromatic amines is 1. The normalized spacial score (nSPS) is 14.2. The van der Waals surface area contributed by atoms with Crippen LogP contribution in [0.15, 0.2) is 108 Å². The molecular weight excluding hydrogens is 554 g/mol. The number of halogens is 1. The highest BCUT2D eigenvalue weighted by atomic mass is 79.9. The Kier molecular flexibility index (Phi) is 7.01. The number of anilines is 1. The van der Waals surface area contributed by atoms with Crippen LogP contribution in [0.3, 0.4) is 0 Å². The van der Waals surface area contributed by atoms with Crippen LogP contribution in [-0.2, 0) is 11.2 Å². The minimum absolute atomic E-state index is 0.0527. The van der Waals surface area contributed by atoms with Crippen molar-refractivity contribution in [3.8, 4) is 28.3 Å². The molecular formula is C31H24BrN5O2. The first-order valence-corrected chi connectivity index (χ1v) is 13.3. The van der Waals surface area contributed by atoms with Crippen LogP contribution < -0.4 is 10.1 Å². The van der Waals surface area contributed by atoms with Gasteiger partial charge in [0.2, 0.25) is 11.7 Å². The van der Waals surface area contributed by atoms with E-state index >= 15 is 0 Å². The van der Waals surface area contributed by atoms with E-state index in [-0.39, 0.29) is 18.2 Å². The molecule has 0 aliphatic carbocycles. The Morgan fingerprint density at radius 1 is 0.974 bits per heavy atom. The number of allylic oxidation sites excluding steroid dienone is 1. The van der Waals surface area contributed by atoms with E-state index in [1.165, 1.54) is 0 Å². The maximum atomic E-state index is 13.3. The first kappa shape index (κ1) is 24.8. The highest BCUT2D eigenvalue weighted by Crippen LogP contribution is 2.44. The van der Waals surface area contributed by atoms with Crippen LogP contribution in [-0.4, -0.2) is 33.1 Å². The number of nitrogens with one attached hydrogen (secondary N) is 2. The van der Waals surface area contributed by atoms with Crippen LogP contribution in [0.2, 0.25) is 0 Å². The summed E-state index contributed by atoms with van der Waals surface area (Å²) in [5.41, 5.74) is 6.31. The molecule has 5 aromatic rings. The zero-order valence-corrected chi connectivity index (χ0v) is 22.4. The zero-order chi connectivity index (χ0) is 26.6. The molecule has 192 valence electrons. The molecule has 2 N–H and O–H groups in total. The Morgan fingerprint density at radius 2 is 1.74 bits per heavy atom. The molecule has 2 heterocycles. The van der Waals surface area contributed by atoms with Crippen LogP contribution in [0.5, 0.6) is 5.75 Å². The van der Waals surface area contributed by atoms with Crippen molar-refractivity contribution in [2.24, 2.45) is 0 Å². The van der Waals surface area contributed by atoms with Crippen molar-refractivity contribution in [1.82, 2.24) is 20.6 Å². The van der Waals surface area contributed by atoms with Gasteiger partial charge in [-0.05, 0) is 51.7 Å². The number of aromatic nitrogens is 4. The van der Waals surface area contributed by atoms with Gasteiger partial charge in [0.15, 0.2) is 0 Å². The number of carbonyl (C=O) groups is 1. The van der Waals surface area contributed by atoms with E-state index in [1.54, 1.807) is 0 Å². The fraction of sp³-hybridized carbons (Fsp3) is 0.0968. The van der Waals surface area contributed by atoms with E-state index in [1.807, 2.05) is 78.9 Å². The standard InChI is InChI=1S/C31H24BrN5O2/c32-23-14-12-20(13-15-23)17-29(38)33-28-19-22(25-9-4-5-10-26(25)31-34-36-37-35-31)18-27-24(11-6-16-39-30(27)28)21-7-2-1-3-8-21/h1-15,18-19,24H,16-17H2,(H,33,38)(H,34,35,36,37). The quantitative estimate of drug-likeness (QED) is 0.223. The largest absolute Gasteiger partial charge is 0.487 e. The van der Waals surface area contributed by atoms with E-state index < -0.39 is 0 Å². The highest BCUT2D eigenvalue weighted by molar-refractivity contribution is 9.10. The summed E-state index contributed by atoms with van der Waals surface area (Å²) in [6.45, 7) is 0.407. The van der Waals surface area contributed by atoms with Gasteiger partial charge in [0.05, 0.1) is 12.1 Å². The summed E-state index contributed by atoms with van der Waals surface area (Å²) >= 11 is 3.45. The Bertz CT molecular complexity index is 1630. The Balaban J connectivity index is 1.47. The number of rotatable bonds is 6. The van der Waals surface area contributed by atoms with Gasteiger partial charge in [-0.2, -0.15) is 5.21 Å². The van der Waals surface area contributed by atoms with Gasteiger partial charge in [-0.3, -0.25) is 4.79 Å². The second kappa shape index (κ2) is 11.0. The maximum absolute atomic E-state index is 13.3. The number of H-pyrrole nitrogens is 1. The van der Waals surface area contributed by atoms with Gasteiger partial charge in [-0.25, -0.2) is 0 Å². The summed E-state index contributed by atoms with van der Waals surface area (Å²) in [4.78, 5) is 13.3. The third kappa shape index (κ3) is 5.37. The summed E-state index contributed by atoms with van der Waals surface area (Å²) in [5.74, 6) is 0.985. The predicted octanol–water partition coefficient (Wildman–Crippen LogP) is 6.56. The Morgan fingerprint density at radius 3 is 2.51 bits per heavy atom. The number of tetrazole rings is 1. The Hall–Kier alpha value is -4.56. The van der Waals surface area contributed by atoms with Gasteiger partial charge < -0.3 is 10.1 Å². The van der Waals surface area contributed by atoms with Gasteiger partial charge in [-0.15, -0.1) is 10.2 Å². The van der Waals surface area contributed by atoms with Crippen molar-refractivity contribution >= 4 is 27.5 Å². The zero-order valence-electron chi connectivity index (χ0n) is 20.8. The number of fused-ring (bicyclic) bond motifs is 1. The van der Waals surface area contributed by atoms with Crippen LogP contribution in [0.4, 0.5) is 5.69 Å². The van der Waals surface area contributed by atoms with Crippen molar-refractivity contribution in [3.05, 3.63) is 124 Å². The van der Waals surface area contributed by atoms with Gasteiger partial charge in [-0.1, -0.05) is 94.8 Å². The maximum Gasteiger partial charge on any atom is 0.228 e. The van der Waals surface area contributed by atoms with Crippen LogP contribution in [0, 0.1) is 0 Å². The molecule has 7 nitrogen and oxygen atoms in total. The second-order valence-corrected chi connectivity index (χ2v) is 10.1. The average molecular weight is 578 g/mol. The van der Waals surface area contributed by atoms with E-state index in [2.05, 4.69) is 66.1 Å². The highest BCUT2D eigenvalue weighted by Gasteiger charge is 2.24. The van der Waals surface area contributed by atoms with E-state index in [9.17, 15) is 4.79 Å². The fourth-order valence-electron chi connectivity index (χ4n) is 4.86. The van der Waals surface area contributed by atoms with Gasteiger partial charge >= 0.3 is 0 Å². The van der Waals surface area contributed by atoms with E-state index in [0.29, 0.717) is 23.9 Å². The van der Waals surface area contributed by atoms with Gasteiger partial charge in [0, 0.05) is 21.5 Å². The van der Waals surface area contributed by atoms with Crippen molar-refractivity contribution in [2.75, 3.05) is 11.9 Å². The lowest BCUT2D eigenvalue weighted by molar-refractivity contribution is -0.115. The molecule has 1 amide bonds. The number of ether oxygens (including phenoxy) is 1. The molecule has 0 saturated heterocycles. The lowest BCUT2D eigenvalue weighted by atomic mass is 9.87. The van der Waals surface area contributed by atoms with Crippen molar-refractivity contribution < 1.29 is 9.53 Å². The van der Waals surface area contributed by atoms with E-state index in [4.69, 9.17) is 4.74 Å². The first-order chi connectivity index (χ1) is 19.2. The summed E-state index contributed by atoms with van der Waals surface area (Å²) < 4.78 is 7.21. The molecule has 39 heavy (non-hydrogen) atoms. The molecule has 8 heteroatoms. The predicted molar refractivity (Wildman–Crippen MR) is 154 cm³/mol. The average Bonchev–Trinajstić information content (AvgIpc) is 3.42. The lowest BCUT2D eigenvalue weighted by Crippen LogP contribution is -2.16. The molecule has 4 aromatic carbocycles. The summed E-state index contributed by atoms with van der Waals surface area (Å²) in [5, 5.41) is 17.8. The third-order valence-corrected chi connectivity index (χ3v) is 7.17. The number of benzene rings is 4. The molecule has 1 aliphatic rings. The number of amides is 1. The fourth-order valence-corrected chi connectivity index (χ4v) is 5.12. The first-order valence-electron chi connectivity index (χ1n) is 12.6. The van der Waals surface area contributed by atoms with Crippen molar-refractivity contribution in [1.29, 1.82) is 0 Å². The molecule has 1 aliphatic heterocycles. The second-order valence-electron chi connectivity index (χ2n) is 9.20. The molecule has 0 fully saturated rings. The Labute approximate surface area is 234 Å². The topological polar surface area (TPSA) is 92.8 Å². The minimum atomic E-state index is -0.125. The number of nitrogens with zero attached hydrogens (tertiary/aromatic N) is 3. The molecule has 1 atom stereocenters. The number of carbonyl (C=O) groups excluding carboxylic acids is 1.